The van der Waals surface area contributed by atoms with E-state index in [-0.39, 0.29) is 17.9 Å². The van der Waals surface area contributed by atoms with E-state index in [9.17, 15) is 14.4 Å². The van der Waals surface area contributed by atoms with Gasteiger partial charge < -0.3 is 15.0 Å². The average Bonchev–Trinajstić information content (AvgIpc) is 3.17. The van der Waals surface area contributed by atoms with Crippen molar-refractivity contribution in [3.05, 3.63) is 89.0 Å². The summed E-state index contributed by atoms with van der Waals surface area (Å²) >= 11 is 0. The second-order valence-electron chi connectivity index (χ2n) is 9.58. The van der Waals surface area contributed by atoms with Gasteiger partial charge in [-0.15, -0.1) is 0 Å². The molecular weight excluding hydrogens is 464 g/mol. The molecule has 1 aliphatic rings. The fourth-order valence-electron chi connectivity index (χ4n) is 4.90. The summed E-state index contributed by atoms with van der Waals surface area (Å²) in [4.78, 5) is 39.4. The van der Waals surface area contributed by atoms with E-state index in [2.05, 4.69) is 12.2 Å². The van der Waals surface area contributed by atoms with Crippen LogP contribution < -0.4 is 5.32 Å². The Balaban J connectivity index is 1.44. The van der Waals surface area contributed by atoms with E-state index in [1.54, 1.807) is 11.8 Å². The van der Waals surface area contributed by atoms with Crippen LogP contribution in [0.2, 0.25) is 0 Å². The number of aryl methyl sites for hydroxylation is 1. The van der Waals surface area contributed by atoms with Gasteiger partial charge in [-0.1, -0.05) is 56.2 Å². The second kappa shape index (κ2) is 11.4. The van der Waals surface area contributed by atoms with Crippen LogP contribution in [-0.2, 0) is 16.0 Å². The van der Waals surface area contributed by atoms with Crippen LogP contribution in [0.4, 0.5) is 5.69 Å². The van der Waals surface area contributed by atoms with E-state index in [1.165, 1.54) is 25.5 Å². The molecule has 192 valence electrons. The molecule has 0 saturated carbocycles. The van der Waals surface area contributed by atoms with E-state index in [0.29, 0.717) is 16.8 Å². The maximum Gasteiger partial charge on any atom is 0.328 e. The van der Waals surface area contributed by atoms with Crippen molar-refractivity contribution in [2.75, 3.05) is 12.4 Å². The predicted molar refractivity (Wildman–Crippen MR) is 146 cm³/mol. The number of esters is 1. The summed E-state index contributed by atoms with van der Waals surface area (Å²) in [5.41, 5.74) is 5.88. The first-order valence-corrected chi connectivity index (χ1v) is 12.9. The van der Waals surface area contributed by atoms with E-state index in [1.807, 2.05) is 73.7 Å². The average molecular weight is 499 g/mol. The number of anilines is 1. The lowest BCUT2D eigenvalue weighted by atomic mass is 9.98. The van der Waals surface area contributed by atoms with Crippen molar-refractivity contribution in [1.29, 1.82) is 0 Å². The van der Waals surface area contributed by atoms with Gasteiger partial charge in [0.1, 0.15) is 6.04 Å². The lowest BCUT2D eigenvalue weighted by Gasteiger charge is -2.27. The van der Waals surface area contributed by atoms with Crippen LogP contribution in [0.5, 0.6) is 0 Å². The molecule has 0 saturated heterocycles. The molecule has 1 N–H and O–H groups in total. The number of fused-ring (bicyclic) bond motifs is 1. The van der Waals surface area contributed by atoms with Crippen molar-refractivity contribution in [1.82, 2.24) is 4.90 Å². The van der Waals surface area contributed by atoms with Gasteiger partial charge in [-0.25, -0.2) is 4.79 Å². The predicted octanol–water partition coefficient (Wildman–Crippen LogP) is 6.42. The zero-order valence-corrected chi connectivity index (χ0v) is 21.9. The topological polar surface area (TPSA) is 75.7 Å². The Kier molecular flexibility index (Phi) is 8.07. The summed E-state index contributed by atoms with van der Waals surface area (Å²) in [6.07, 6.45) is 4.60. The molecule has 37 heavy (non-hydrogen) atoms. The number of rotatable bonds is 9. The van der Waals surface area contributed by atoms with Crippen LogP contribution >= 0.6 is 0 Å². The monoisotopic (exact) mass is 498 g/mol. The maximum atomic E-state index is 13.1. The van der Waals surface area contributed by atoms with Gasteiger partial charge in [-0.05, 0) is 79.3 Å². The van der Waals surface area contributed by atoms with Crippen LogP contribution in [0.1, 0.15) is 77.9 Å². The molecule has 2 atom stereocenters. The number of ether oxygens (including phenoxy) is 1. The third-order valence-electron chi connectivity index (χ3n) is 7.11. The van der Waals surface area contributed by atoms with Crippen LogP contribution in [0, 0.1) is 0 Å². The van der Waals surface area contributed by atoms with Gasteiger partial charge in [0.25, 0.3) is 11.8 Å². The molecule has 0 spiro atoms. The van der Waals surface area contributed by atoms with Crippen molar-refractivity contribution in [2.45, 2.75) is 58.5 Å². The Hall–Kier alpha value is -3.93. The number of nitrogens with zero attached hydrogens (tertiary/aromatic N) is 1. The zero-order valence-electron chi connectivity index (χ0n) is 21.9. The Morgan fingerprint density at radius 3 is 2.30 bits per heavy atom. The minimum Gasteiger partial charge on any atom is -0.467 e. The fraction of sp³-hybridized carbons (Fsp3) is 0.323. The highest BCUT2D eigenvalue weighted by Crippen LogP contribution is 2.37. The molecule has 0 radical (unpaired) electrons. The Labute approximate surface area is 218 Å². The number of unbranched alkanes of at least 4 members (excludes halogenated alkanes) is 2. The zero-order chi connectivity index (χ0) is 26.5. The third kappa shape index (κ3) is 5.58. The van der Waals surface area contributed by atoms with Gasteiger partial charge in [0.05, 0.1) is 13.2 Å². The lowest BCUT2D eigenvalue weighted by Crippen LogP contribution is -2.41. The largest absolute Gasteiger partial charge is 0.467 e. The number of methoxy groups -OCH3 is 1. The first kappa shape index (κ1) is 26.1. The van der Waals surface area contributed by atoms with Crippen LogP contribution in [0.3, 0.4) is 0 Å². The molecular formula is C31H34N2O4. The highest BCUT2D eigenvalue weighted by atomic mass is 16.5. The fourth-order valence-corrected chi connectivity index (χ4v) is 4.90. The number of hydrogen-bond acceptors (Lipinski definition) is 4. The summed E-state index contributed by atoms with van der Waals surface area (Å²) in [6.45, 7) is 5.79. The summed E-state index contributed by atoms with van der Waals surface area (Å²) in [5.74, 6) is -0.763. The summed E-state index contributed by atoms with van der Waals surface area (Å²) in [5, 5.41) is 2.95. The molecule has 0 aliphatic carbocycles. The molecule has 6 heteroatoms. The van der Waals surface area contributed by atoms with Gasteiger partial charge in [-0.3, -0.25) is 9.59 Å². The first-order valence-electron chi connectivity index (χ1n) is 12.9. The molecule has 2 unspecified atom stereocenters. The highest BCUT2D eigenvalue weighted by molar-refractivity contribution is 6.04. The molecule has 4 rings (SSSR count). The van der Waals surface area contributed by atoms with Crippen molar-refractivity contribution in [3.8, 4) is 11.1 Å². The Bertz CT molecular complexity index is 1280. The van der Waals surface area contributed by atoms with Crippen molar-refractivity contribution >= 4 is 23.5 Å². The van der Waals surface area contributed by atoms with Crippen molar-refractivity contribution in [2.24, 2.45) is 0 Å². The maximum absolute atomic E-state index is 13.1. The van der Waals surface area contributed by atoms with Gasteiger partial charge in [0.15, 0.2) is 0 Å². The number of benzene rings is 3. The van der Waals surface area contributed by atoms with E-state index < -0.39 is 12.0 Å². The quantitative estimate of drug-likeness (QED) is 0.273. The smallest absolute Gasteiger partial charge is 0.328 e. The molecule has 6 nitrogen and oxygen atoms in total. The summed E-state index contributed by atoms with van der Waals surface area (Å²) in [7, 11) is 1.33. The number of carbonyl (C=O) groups excluding carboxylic acids is 3. The highest BCUT2D eigenvalue weighted by Gasteiger charge is 2.39. The lowest BCUT2D eigenvalue weighted by molar-refractivity contribution is -0.145. The SMILES string of the molecule is CCCCCc1ccc(C(=O)Nc2ccc(-c3ccc4c(c3)C(=O)N(C(C)C(=O)OC)C4C)cc2)cc1. The Morgan fingerprint density at radius 1 is 0.973 bits per heavy atom. The van der Waals surface area contributed by atoms with E-state index in [4.69, 9.17) is 4.74 Å². The minimum atomic E-state index is -0.663. The molecule has 2 amide bonds. The van der Waals surface area contributed by atoms with Crippen LogP contribution in [0.25, 0.3) is 11.1 Å². The molecule has 0 aromatic heterocycles. The number of amides is 2. The number of carbonyl (C=O) groups is 3. The van der Waals surface area contributed by atoms with Crippen molar-refractivity contribution < 1.29 is 19.1 Å². The van der Waals surface area contributed by atoms with E-state index in [0.717, 1.165) is 29.5 Å². The minimum absolute atomic E-state index is 0.148. The summed E-state index contributed by atoms with van der Waals surface area (Å²) in [6, 6.07) is 20.3. The first-order chi connectivity index (χ1) is 17.8. The van der Waals surface area contributed by atoms with Gasteiger partial charge in [0, 0.05) is 16.8 Å². The Morgan fingerprint density at radius 2 is 1.65 bits per heavy atom. The van der Waals surface area contributed by atoms with Gasteiger partial charge in [0.2, 0.25) is 0 Å². The molecule has 1 aliphatic heterocycles. The molecule has 3 aromatic carbocycles. The summed E-state index contributed by atoms with van der Waals surface area (Å²) < 4.78 is 4.84. The molecule has 3 aromatic rings. The van der Waals surface area contributed by atoms with Crippen LogP contribution in [-0.4, -0.2) is 35.8 Å². The molecule has 0 bridgehead atoms. The molecule has 0 fully saturated rings. The third-order valence-corrected chi connectivity index (χ3v) is 7.11. The number of nitrogens with one attached hydrogen (secondary N) is 1. The van der Waals surface area contributed by atoms with Crippen molar-refractivity contribution in [3.63, 3.8) is 0 Å². The standard InChI is InChI=1S/C31H34N2O4/c1-5-6-7-8-22-9-11-24(12-10-22)29(34)32-26-16-13-23(14-17-26)25-15-18-27-20(2)33(21(3)31(36)37-4)30(35)28(27)19-25/h9-21H,5-8H2,1-4H3,(H,32,34). The van der Waals surface area contributed by atoms with Gasteiger partial charge >= 0.3 is 5.97 Å². The number of hydrogen-bond donors (Lipinski definition) is 1. The van der Waals surface area contributed by atoms with E-state index >= 15 is 0 Å². The van der Waals surface area contributed by atoms with Gasteiger partial charge in [-0.2, -0.15) is 0 Å². The normalized spacial score (nSPS) is 15.3. The van der Waals surface area contributed by atoms with Crippen LogP contribution in [0.15, 0.2) is 66.7 Å². The second-order valence-corrected chi connectivity index (χ2v) is 9.58. The molecule has 1 heterocycles.